The third-order valence-electron chi connectivity index (χ3n) is 3.63. The molecule has 1 heterocycles. The second kappa shape index (κ2) is 6.51. The van der Waals surface area contributed by atoms with Crippen LogP contribution >= 0.6 is 27.7 Å². The number of benzene rings is 1. The molecule has 1 aliphatic rings. The maximum atomic E-state index is 5.75. The van der Waals surface area contributed by atoms with E-state index in [0.717, 1.165) is 24.0 Å². The average molecular weight is 343 g/mol. The van der Waals surface area contributed by atoms with Crippen LogP contribution in [0.2, 0.25) is 0 Å². The van der Waals surface area contributed by atoms with Crippen LogP contribution in [0.3, 0.4) is 0 Å². The molecule has 2 rings (SSSR count). The predicted octanol–water partition coefficient (Wildman–Crippen LogP) is 3.67. The minimum Gasteiger partial charge on any atom is -0.370 e. The van der Waals surface area contributed by atoms with Crippen LogP contribution in [0.15, 0.2) is 22.7 Å². The Morgan fingerprint density at radius 3 is 2.89 bits per heavy atom. The smallest absolute Gasteiger partial charge is 0.0400 e. The lowest BCUT2D eigenvalue weighted by Crippen LogP contribution is -2.28. The number of anilines is 1. The van der Waals surface area contributed by atoms with Crippen LogP contribution in [0.25, 0.3) is 0 Å². The van der Waals surface area contributed by atoms with Crippen molar-refractivity contribution in [2.75, 3.05) is 30.3 Å². The SMILES string of the molecule is CC1(C)CCN(c2ccc(Br)cc2CCN)CCS1. The van der Waals surface area contributed by atoms with Crippen LogP contribution in [-0.4, -0.2) is 30.1 Å². The van der Waals surface area contributed by atoms with Gasteiger partial charge in [-0.25, -0.2) is 0 Å². The number of rotatable bonds is 3. The summed E-state index contributed by atoms with van der Waals surface area (Å²) < 4.78 is 1.54. The number of nitrogens with zero attached hydrogens (tertiary/aromatic N) is 1. The molecule has 1 saturated heterocycles. The average Bonchev–Trinajstić information content (AvgIpc) is 2.51. The Morgan fingerprint density at radius 2 is 2.16 bits per heavy atom. The molecular formula is C15H23BrN2S. The van der Waals surface area contributed by atoms with Crippen molar-refractivity contribution in [3.8, 4) is 0 Å². The molecule has 2 N–H and O–H groups in total. The van der Waals surface area contributed by atoms with Crippen molar-refractivity contribution >= 4 is 33.4 Å². The molecule has 0 radical (unpaired) electrons. The van der Waals surface area contributed by atoms with Crippen molar-refractivity contribution in [1.29, 1.82) is 0 Å². The van der Waals surface area contributed by atoms with Crippen molar-refractivity contribution in [2.45, 2.75) is 31.4 Å². The summed E-state index contributed by atoms with van der Waals surface area (Å²) in [6.07, 6.45) is 2.18. The fraction of sp³-hybridized carbons (Fsp3) is 0.600. The zero-order valence-corrected chi connectivity index (χ0v) is 14.2. The fourth-order valence-electron chi connectivity index (χ4n) is 2.48. The highest BCUT2D eigenvalue weighted by atomic mass is 79.9. The van der Waals surface area contributed by atoms with E-state index in [9.17, 15) is 0 Å². The highest BCUT2D eigenvalue weighted by Gasteiger charge is 2.24. The first-order chi connectivity index (χ1) is 9.02. The van der Waals surface area contributed by atoms with Gasteiger partial charge in [0, 0.05) is 33.7 Å². The number of hydrogen-bond acceptors (Lipinski definition) is 3. The lowest BCUT2D eigenvalue weighted by Gasteiger charge is -2.26. The standard InChI is InChI=1S/C15H23BrN2S/c1-15(2)6-8-18(9-10-19-15)14-4-3-13(16)11-12(14)5-7-17/h3-4,11H,5-10,17H2,1-2H3. The van der Waals surface area contributed by atoms with Gasteiger partial charge in [0.2, 0.25) is 0 Å². The van der Waals surface area contributed by atoms with Crippen LogP contribution in [-0.2, 0) is 6.42 Å². The Hall–Kier alpha value is -0.190. The summed E-state index contributed by atoms with van der Waals surface area (Å²) in [5.41, 5.74) is 8.48. The van der Waals surface area contributed by atoms with Crippen LogP contribution in [0.4, 0.5) is 5.69 Å². The molecule has 0 amide bonds. The molecule has 1 aliphatic heterocycles. The summed E-state index contributed by atoms with van der Waals surface area (Å²) in [4.78, 5) is 2.53. The molecule has 106 valence electrons. The summed E-state index contributed by atoms with van der Waals surface area (Å²) in [5, 5.41) is 0. The molecule has 0 aromatic heterocycles. The summed E-state index contributed by atoms with van der Waals surface area (Å²) in [6, 6.07) is 6.59. The summed E-state index contributed by atoms with van der Waals surface area (Å²) in [7, 11) is 0. The van der Waals surface area contributed by atoms with Crippen molar-refractivity contribution in [1.82, 2.24) is 0 Å². The Balaban J connectivity index is 2.21. The topological polar surface area (TPSA) is 29.3 Å². The lowest BCUT2D eigenvalue weighted by atomic mass is 10.1. The van der Waals surface area contributed by atoms with E-state index in [1.807, 2.05) is 0 Å². The van der Waals surface area contributed by atoms with Crippen LogP contribution in [0, 0.1) is 0 Å². The van der Waals surface area contributed by atoms with Crippen molar-refractivity contribution < 1.29 is 0 Å². The Kier molecular flexibility index (Phi) is 5.21. The van der Waals surface area contributed by atoms with E-state index < -0.39 is 0 Å². The highest BCUT2D eigenvalue weighted by Crippen LogP contribution is 2.34. The van der Waals surface area contributed by atoms with Crippen molar-refractivity contribution in [2.24, 2.45) is 5.73 Å². The van der Waals surface area contributed by atoms with Gasteiger partial charge in [-0.3, -0.25) is 0 Å². The third-order valence-corrected chi connectivity index (χ3v) is 5.50. The van der Waals surface area contributed by atoms with Gasteiger partial charge in [-0.15, -0.1) is 0 Å². The lowest BCUT2D eigenvalue weighted by molar-refractivity contribution is 0.636. The first-order valence-corrected chi connectivity index (χ1v) is 8.67. The van der Waals surface area contributed by atoms with Crippen molar-refractivity contribution in [3.05, 3.63) is 28.2 Å². The van der Waals surface area contributed by atoms with E-state index in [1.54, 1.807) is 0 Å². The van der Waals surface area contributed by atoms with E-state index >= 15 is 0 Å². The van der Waals surface area contributed by atoms with Gasteiger partial charge in [0.05, 0.1) is 0 Å². The molecule has 2 nitrogen and oxygen atoms in total. The normalized spacial score (nSPS) is 19.3. The number of hydrogen-bond donors (Lipinski definition) is 1. The van der Waals surface area contributed by atoms with Gasteiger partial charge >= 0.3 is 0 Å². The second-order valence-corrected chi connectivity index (χ2v) is 8.37. The largest absolute Gasteiger partial charge is 0.370 e. The monoisotopic (exact) mass is 342 g/mol. The molecule has 0 aliphatic carbocycles. The minimum atomic E-state index is 0.401. The third kappa shape index (κ3) is 4.14. The molecule has 1 aromatic carbocycles. The highest BCUT2D eigenvalue weighted by molar-refractivity contribution is 9.10. The molecular weight excluding hydrogens is 320 g/mol. The molecule has 4 heteroatoms. The van der Waals surface area contributed by atoms with Crippen LogP contribution in [0.1, 0.15) is 25.8 Å². The first kappa shape index (κ1) is 15.2. The number of halogens is 1. The fourth-order valence-corrected chi connectivity index (χ4v) is 3.99. The molecule has 0 unspecified atom stereocenters. The zero-order valence-electron chi connectivity index (χ0n) is 11.8. The second-order valence-electron chi connectivity index (χ2n) is 5.66. The van der Waals surface area contributed by atoms with Gasteiger partial charge in [0.1, 0.15) is 0 Å². The summed E-state index contributed by atoms with van der Waals surface area (Å²) in [6.45, 7) is 7.68. The van der Waals surface area contributed by atoms with E-state index in [4.69, 9.17) is 5.73 Å². The Labute approximate surface area is 129 Å². The predicted molar refractivity (Wildman–Crippen MR) is 90.3 cm³/mol. The van der Waals surface area contributed by atoms with Gasteiger partial charge in [0.15, 0.2) is 0 Å². The Bertz CT molecular complexity index is 434. The summed E-state index contributed by atoms with van der Waals surface area (Å²) >= 11 is 5.65. The van der Waals surface area contributed by atoms with Gasteiger partial charge in [-0.05, 0) is 43.1 Å². The van der Waals surface area contributed by atoms with E-state index in [1.165, 1.54) is 23.4 Å². The molecule has 19 heavy (non-hydrogen) atoms. The summed E-state index contributed by atoms with van der Waals surface area (Å²) in [5.74, 6) is 1.20. The number of nitrogens with two attached hydrogens (primary N) is 1. The molecule has 0 saturated carbocycles. The molecule has 0 spiro atoms. The minimum absolute atomic E-state index is 0.401. The first-order valence-electron chi connectivity index (χ1n) is 6.89. The van der Waals surface area contributed by atoms with Gasteiger partial charge in [-0.2, -0.15) is 11.8 Å². The van der Waals surface area contributed by atoms with Crippen molar-refractivity contribution in [3.63, 3.8) is 0 Å². The van der Waals surface area contributed by atoms with Crippen LogP contribution in [0.5, 0.6) is 0 Å². The van der Waals surface area contributed by atoms with E-state index in [0.29, 0.717) is 11.3 Å². The number of thioether (sulfide) groups is 1. The van der Waals surface area contributed by atoms with E-state index in [-0.39, 0.29) is 0 Å². The van der Waals surface area contributed by atoms with E-state index in [2.05, 4.69) is 64.6 Å². The van der Waals surface area contributed by atoms with Gasteiger partial charge in [0.25, 0.3) is 0 Å². The zero-order chi connectivity index (χ0) is 13.9. The molecule has 1 aromatic rings. The molecule has 1 fully saturated rings. The maximum absolute atomic E-state index is 5.75. The molecule has 0 atom stereocenters. The maximum Gasteiger partial charge on any atom is 0.0400 e. The van der Waals surface area contributed by atoms with Gasteiger partial charge < -0.3 is 10.6 Å². The Morgan fingerprint density at radius 1 is 1.37 bits per heavy atom. The van der Waals surface area contributed by atoms with Crippen LogP contribution < -0.4 is 10.6 Å². The van der Waals surface area contributed by atoms with Gasteiger partial charge in [-0.1, -0.05) is 29.8 Å². The quantitative estimate of drug-likeness (QED) is 0.908. The molecule has 0 bridgehead atoms.